The molecule has 3 aliphatic heterocycles. The molecule has 89 heavy (non-hydrogen) atoms. The summed E-state index contributed by atoms with van der Waals surface area (Å²) in [6.45, 7) is 5.40. The van der Waals surface area contributed by atoms with Crippen molar-refractivity contribution in [3.05, 3.63) is 230 Å². The zero-order chi connectivity index (χ0) is 72.1. The summed E-state index contributed by atoms with van der Waals surface area (Å²) in [5.74, 6) is 9.26. The summed E-state index contributed by atoms with van der Waals surface area (Å²) in [4.78, 5) is 19.4. The van der Waals surface area contributed by atoms with Gasteiger partial charge < -0.3 is 13.3 Å². The molecule has 3 aromatic carbocycles. The third-order valence-corrected chi connectivity index (χ3v) is 17.1. The van der Waals surface area contributed by atoms with E-state index in [2.05, 4.69) is 158 Å². The van der Waals surface area contributed by atoms with E-state index in [-0.39, 0.29) is 48.9 Å². The van der Waals surface area contributed by atoms with Crippen LogP contribution in [-0.4, -0.2) is 35.5 Å². The van der Waals surface area contributed by atoms with Gasteiger partial charge in [-0.2, -0.15) is 0 Å². The SMILES string of the molecule is [2H]C([2H])([2H])c1ccc2c3c(oc2n1)=C(C)N(c1cc(-c2ccccc2)c(C([2H])([2H])[2H])c[n+]1C)B(C)C=3.[2H]C([2H])([2H])c1ccc2c3c(oc2n1)=C(C)N(c1cc(-c2ccccc2)cc[n+]1C)B(C)C=3.[2H]C([2H])([2H])c1ccc2c3c(oc2n1)=C(C)N(c1cc(C)c(-c2ccccc2)c[n+]1C)B(C)C=3. The van der Waals surface area contributed by atoms with E-state index in [1.165, 1.54) is 22.8 Å². The van der Waals surface area contributed by atoms with E-state index in [0.717, 1.165) is 93.9 Å². The third kappa shape index (κ3) is 10.6. The molecule has 0 saturated heterocycles. The van der Waals surface area contributed by atoms with Gasteiger partial charge in [-0.1, -0.05) is 109 Å². The average molecular weight is 1180 g/mol. The normalized spacial score (nSPS) is 16.1. The van der Waals surface area contributed by atoms with Gasteiger partial charge in [-0.3, -0.25) is 14.4 Å². The van der Waals surface area contributed by atoms with Crippen LogP contribution < -0.4 is 60.0 Å². The van der Waals surface area contributed by atoms with Crippen molar-refractivity contribution in [3.8, 4) is 33.4 Å². The zero-order valence-electron chi connectivity index (χ0n) is 63.4. The monoisotopic (exact) mass is 1180 g/mol. The summed E-state index contributed by atoms with van der Waals surface area (Å²) in [6.07, 6.45) is 5.90. The molecule has 12 heterocycles. The Morgan fingerprint density at radius 3 is 1.21 bits per heavy atom. The van der Waals surface area contributed by atoms with Gasteiger partial charge in [-0.25, -0.2) is 28.7 Å². The van der Waals surface area contributed by atoms with E-state index < -0.39 is 27.4 Å². The molecule has 9 aromatic heterocycles. The first-order valence-corrected chi connectivity index (χ1v) is 29.7. The molecule has 0 bridgehead atoms. The topological polar surface area (TPSA) is 99.5 Å². The highest BCUT2D eigenvalue weighted by atomic mass is 16.3. The average Bonchev–Trinajstić information content (AvgIpc) is 1.67. The fourth-order valence-electron chi connectivity index (χ4n) is 12.9. The Kier molecular flexibility index (Phi) is 11.8. The van der Waals surface area contributed by atoms with Crippen LogP contribution in [0.15, 0.2) is 184 Å². The van der Waals surface area contributed by atoms with Crippen molar-refractivity contribution in [1.82, 2.24) is 15.0 Å². The number of benzene rings is 3. The highest BCUT2D eigenvalue weighted by Gasteiger charge is 2.37. The molecular formula is C74H73B3N9O3+3. The summed E-state index contributed by atoms with van der Waals surface area (Å²) < 4.78 is 118. The molecule has 0 aliphatic carbocycles. The number of hydrogen-bond acceptors (Lipinski definition) is 9. The number of pyridine rings is 6. The van der Waals surface area contributed by atoms with E-state index in [0.29, 0.717) is 22.4 Å². The van der Waals surface area contributed by atoms with Gasteiger partial charge >= 0.3 is 20.5 Å². The van der Waals surface area contributed by atoms with Gasteiger partial charge in [-0.05, 0) is 157 Å². The molecule has 12 aromatic rings. The smallest absolute Gasteiger partial charge is 0.402 e. The summed E-state index contributed by atoms with van der Waals surface area (Å²) in [6, 6.07) is 48.6. The number of rotatable bonds is 6. The van der Waals surface area contributed by atoms with Crippen LogP contribution >= 0.6 is 0 Å². The summed E-state index contributed by atoms with van der Waals surface area (Å²) in [5.41, 5.74) is 13.5. The largest absolute Gasteiger partial charge is 0.434 e. The highest BCUT2D eigenvalue weighted by molar-refractivity contribution is 6.78. The van der Waals surface area contributed by atoms with Crippen molar-refractivity contribution >= 4 is 106 Å². The lowest BCUT2D eigenvalue weighted by Crippen LogP contribution is -2.50. The number of aromatic nitrogens is 6. The third-order valence-electron chi connectivity index (χ3n) is 17.1. The molecule has 0 saturated carbocycles. The molecule has 0 atom stereocenters. The van der Waals surface area contributed by atoms with Crippen molar-refractivity contribution in [1.29, 1.82) is 0 Å². The van der Waals surface area contributed by atoms with Gasteiger partial charge in [0.1, 0.15) is 17.1 Å². The predicted octanol–water partition coefficient (Wildman–Crippen LogP) is 10.3. The minimum absolute atomic E-state index is 0.0113. The molecule has 12 nitrogen and oxygen atoms in total. The number of anilines is 3. The summed E-state index contributed by atoms with van der Waals surface area (Å²) in [7, 11) is 5.92. The van der Waals surface area contributed by atoms with E-state index in [9.17, 15) is 0 Å². The Bertz CT molecular complexity index is 5690. The number of nitrogens with zero attached hydrogens (tertiary/aromatic N) is 9. The van der Waals surface area contributed by atoms with Gasteiger partial charge in [0.25, 0.3) is 17.5 Å². The van der Waals surface area contributed by atoms with E-state index in [4.69, 9.17) is 29.7 Å². The molecule has 0 spiro atoms. The zero-order valence-corrected chi connectivity index (χ0v) is 51.4. The second kappa shape index (κ2) is 23.3. The van der Waals surface area contributed by atoms with E-state index in [1.54, 1.807) is 36.5 Å². The Morgan fingerprint density at radius 2 is 0.787 bits per heavy atom. The van der Waals surface area contributed by atoms with Gasteiger partial charge in [0, 0.05) is 89.1 Å². The Balaban J connectivity index is 0.000000136. The summed E-state index contributed by atoms with van der Waals surface area (Å²) in [5, 5.41) is 5.24. The molecule has 0 N–H and O–H groups in total. The fraction of sp³-hybridized carbons (Fsp3) is 0.189. The van der Waals surface area contributed by atoms with Gasteiger partial charge in [0.15, 0.2) is 16.2 Å². The molecule has 0 radical (unpaired) electrons. The molecule has 0 amide bonds. The van der Waals surface area contributed by atoms with Gasteiger partial charge in [0.05, 0.1) is 39.7 Å². The van der Waals surface area contributed by atoms with Crippen molar-refractivity contribution in [2.24, 2.45) is 21.1 Å². The van der Waals surface area contributed by atoms with E-state index >= 15 is 0 Å². The second-order valence-electron chi connectivity index (χ2n) is 23.2. The maximum atomic E-state index is 8.11. The van der Waals surface area contributed by atoms with Crippen LogP contribution in [0.2, 0.25) is 20.5 Å². The molecular weight excluding hydrogens is 1100 g/mol. The minimum Gasteiger partial charge on any atom is -0.434 e. The standard InChI is InChI=1S/2C25H25BN3O.C24H23BN3O/c1-16-15-28(5)23(13-21(16)19-9-7-6-8-10-19)29-18(3)24-22(14-26(29)4)20-12-11-17(2)27-25(20)30-24;1-16-13-23(28(5)15-22(16)19-9-7-6-8-10-19)29-18(3)24-21(14-26(29)4)20-12-11-17(2)27-25(20)30-24;1-16-10-11-20-21-15-25(3)28(17(2)23(21)29-24(20)26-16)22-14-19(12-13-27(22)4)18-8-6-5-7-9-18/h2*6-15H,1-5H3;5-15H,1-4H3/q3*+1/i1D3,2D3;2D3;1D3. The summed E-state index contributed by atoms with van der Waals surface area (Å²) >= 11 is 0. The molecule has 15 heteroatoms. The Hall–Kier alpha value is -10.0. The van der Waals surface area contributed by atoms with Gasteiger partial charge in [0.2, 0.25) is 17.1 Å². The highest BCUT2D eigenvalue weighted by Crippen LogP contribution is 2.31. The number of furan rings is 3. The van der Waals surface area contributed by atoms with Gasteiger partial charge in [-0.15, -0.1) is 0 Å². The number of fused-ring (bicyclic) bond motifs is 9. The lowest BCUT2D eigenvalue weighted by atomic mass is 9.60. The maximum Gasteiger partial charge on any atom is 0.402 e. The van der Waals surface area contributed by atoms with Crippen LogP contribution in [0.1, 0.15) is 65.4 Å². The van der Waals surface area contributed by atoms with Crippen LogP contribution in [-0.2, 0) is 21.1 Å². The lowest BCUT2D eigenvalue weighted by Gasteiger charge is -2.24. The van der Waals surface area contributed by atoms with E-state index in [1.807, 2.05) is 100 Å². The Labute approximate surface area is 537 Å². The molecule has 0 fully saturated rings. The maximum absolute atomic E-state index is 8.11. The lowest BCUT2D eigenvalue weighted by molar-refractivity contribution is -0.658. The molecule has 3 aliphatic rings. The molecule has 0 unspecified atom stereocenters. The first kappa shape index (κ1) is 45.3. The van der Waals surface area contributed by atoms with Crippen LogP contribution in [0.3, 0.4) is 0 Å². The van der Waals surface area contributed by atoms with Crippen LogP contribution in [0.4, 0.5) is 17.5 Å². The minimum atomic E-state index is -2.32. The quantitative estimate of drug-likeness (QED) is 0.119. The van der Waals surface area contributed by atoms with Crippen molar-refractivity contribution in [2.75, 3.05) is 14.4 Å². The first-order valence-electron chi connectivity index (χ1n) is 35.7. The van der Waals surface area contributed by atoms with Crippen molar-refractivity contribution in [3.63, 3.8) is 0 Å². The molecule has 15 rings (SSSR count). The van der Waals surface area contributed by atoms with Crippen LogP contribution in [0, 0.1) is 34.3 Å². The first-order chi connectivity index (χ1) is 47.7. The van der Waals surface area contributed by atoms with Crippen LogP contribution in [0.5, 0.6) is 0 Å². The van der Waals surface area contributed by atoms with Crippen molar-refractivity contribution < 1.29 is 43.4 Å². The number of aryl methyl sites for hydroxylation is 8. The van der Waals surface area contributed by atoms with Crippen molar-refractivity contribution in [2.45, 2.75) is 75.6 Å². The second-order valence-corrected chi connectivity index (χ2v) is 23.2. The fourth-order valence-corrected chi connectivity index (χ4v) is 12.9. The number of hydrogen-bond donors (Lipinski definition) is 0. The predicted molar refractivity (Wildman–Crippen MR) is 366 cm³/mol. The van der Waals surface area contributed by atoms with Crippen LogP contribution in [0.25, 0.3) is 102 Å². The molecule has 438 valence electrons. The Morgan fingerprint density at radius 1 is 0.393 bits per heavy atom.